The molecule has 0 aromatic heterocycles. The Morgan fingerprint density at radius 2 is 2.08 bits per heavy atom. The first kappa shape index (κ1) is 10.0. The highest BCUT2D eigenvalue weighted by Crippen LogP contribution is 2.15. The molecule has 68 valence electrons. The summed E-state index contributed by atoms with van der Waals surface area (Å²) in [7, 11) is 3.96. The highest BCUT2D eigenvalue weighted by atomic mass is 35.5. The molecule has 0 aliphatic carbocycles. The van der Waals surface area contributed by atoms with E-state index < -0.39 is 0 Å². The number of halogens is 1. The summed E-state index contributed by atoms with van der Waals surface area (Å²) in [6.45, 7) is 0.801. The number of benzene rings is 1. The van der Waals surface area contributed by atoms with Gasteiger partial charge in [0.15, 0.2) is 0 Å². The first-order valence-corrected chi connectivity index (χ1v) is 4.34. The summed E-state index contributed by atoms with van der Waals surface area (Å²) in [4.78, 5) is 2.03. The lowest BCUT2D eigenvalue weighted by Gasteiger charge is -2.09. The third-order valence-corrected chi connectivity index (χ3v) is 1.80. The lowest BCUT2D eigenvalue weighted by Crippen LogP contribution is -2.10. The molecule has 0 atom stereocenters. The first-order valence-electron chi connectivity index (χ1n) is 3.96. The van der Waals surface area contributed by atoms with Gasteiger partial charge in [0.05, 0.1) is 11.6 Å². The van der Waals surface area contributed by atoms with Crippen molar-refractivity contribution in [2.24, 2.45) is 0 Å². The maximum absolute atomic E-state index is 8.70. The molecule has 0 amide bonds. The molecule has 1 aromatic carbocycles. The highest BCUT2D eigenvalue weighted by Gasteiger charge is 2.00. The van der Waals surface area contributed by atoms with Crippen molar-refractivity contribution in [1.29, 1.82) is 5.26 Å². The van der Waals surface area contributed by atoms with E-state index in [2.05, 4.69) is 6.07 Å². The Balaban J connectivity index is 2.96. The smallest absolute Gasteiger partial charge is 0.0992 e. The van der Waals surface area contributed by atoms with Crippen molar-refractivity contribution in [3.05, 3.63) is 34.3 Å². The topological polar surface area (TPSA) is 27.0 Å². The summed E-state index contributed by atoms with van der Waals surface area (Å²) < 4.78 is 0. The molecule has 3 heteroatoms. The van der Waals surface area contributed by atoms with Crippen LogP contribution >= 0.6 is 11.6 Å². The van der Waals surface area contributed by atoms with Crippen LogP contribution in [0.1, 0.15) is 11.1 Å². The van der Waals surface area contributed by atoms with Crippen LogP contribution in [0.5, 0.6) is 0 Å². The first-order chi connectivity index (χ1) is 6.11. The fraction of sp³-hybridized carbons (Fsp3) is 0.300. The molecule has 0 saturated heterocycles. The van der Waals surface area contributed by atoms with Crippen LogP contribution in [0.15, 0.2) is 18.2 Å². The third kappa shape index (κ3) is 3.06. The summed E-state index contributed by atoms with van der Waals surface area (Å²) in [5.41, 5.74) is 1.68. The molecule has 0 aliphatic heterocycles. The molecule has 0 heterocycles. The molecule has 0 saturated carbocycles. The number of hydrogen-bond donors (Lipinski definition) is 0. The number of rotatable bonds is 2. The average molecular weight is 195 g/mol. The summed E-state index contributed by atoms with van der Waals surface area (Å²) in [6, 6.07) is 7.48. The van der Waals surface area contributed by atoms with Crippen LogP contribution in [-0.2, 0) is 6.54 Å². The van der Waals surface area contributed by atoms with E-state index in [4.69, 9.17) is 16.9 Å². The highest BCUT2D eigenvalue weighted by molar-refractivity contribution is 6.30. The average Bonchev–Trinajstić information content (AvgIpc) is 2.01. The summed E-state index contributed by atoms with van der Waals surface area (Å²) in [5, 5.41) is 9.32. The van der Waals surface area contributed by atoms with Gasteiger partial charge >= 0.3 is 0 Å². The molecule has 0 spiro atoms. The van der Waals surface area contributed by atoms with Gasteiger partial charge in [0.25, 0.3) is 0 Å². The number of hydrogen-bond acceptors (Lipinski definition) is 2. The minimum atomic E-state index is 0.615. The van der Waals surface area contributed by atoms with Crippen molar-refractivity contribution >= 4 is 11.6 Å². The predicted octanol–water partition coefficient (Wildman–Crippen LogP) is 2.27. The Hall–Kier alpha value is -1.04. The number of nitriles is 1. The van der Waals surface area contributed by atoms with Crippen molar-refractivity contribution < 1.29 is 0 Å². The molecule has 13 heavy (non-hydrogen) atoms. The van der Waals surface area contributed by atoms with Gasteiger partial charge < -0.3 is 4.90 Å². The zero-order valence-corrected chi connectivity index (χ0v) is 8.47. The van der Waals surface area contributed by atoms with Crippen LogP contribution in [0, 0.1) is 11.3 Å². The summed E-state index contributed by atoms with van der Waals surface area (Å²) in [5.74, 6) is 0. The van der Waals surface area contributed by atoms with E-state index in [1.54, 1.807) is 6.07 Å². The Morgan fingerprint density at radius 1 is 1.38 bits per heavy atom. The van der Waals surface area contributed by atoms with Crippen LogP contribution < -0.4 is 0 Å². The standard InChI is InChI=1S/C10H11ClN2/c1-13(2)7-9-3-8(6-12)4-10(11)5-9/h3-5H,7H2,1-2H3. The van der Waals surface area contributed by atoms with Gasteiger partial charge in [0, 0.05) is 11.6 Å². The Bertz CT molecular complexity index is 339. The molecule has 2 nitrogen and oxygen atoms in total. The lowest BCUT2D eigenvalue weighted by atomic mass is 10.1. The third-order valence-electron chi connectivity index (χ3n) is 1.59. The van der Waals surface area contributed by atoms with Crippen molar-refractivity contribution in [1.82, 2.24) is 4.90 Å². The second-order valence-electron chi connectivity index (χ2n) is 3.20. The van der Waals surface area contributed by atoms with E-state index in [1.165, 1.54) is 0 Å². The maximum Gasteiger partial charge on any atom is 0.0992 e. The quantitative estimate of drug-likeness (QED) is 0.722. The molecule has 0 aliphatic rings. The molecular formula is C10H11ClN2. The Kier molecular flexibility index (Phi) is 3.30. The Labute approximate surface area is 83.3 Å². The minimum Gasteiger partial charge on any atom is -0.305 e. The van der Waals surface area contributed by atoms with Gasteiger partial charge in [-0.05, 0) is 37.9 Å². The van der Waals surface area contributed by atoms with Crippen molar-refractivity contribution in [2.75, 3.05) is 14.1 Å². The second kappa shape index (κ2) is 4.27. The van der Waals surface area contributed by atoms with E-state index in [9.17, 15) is 0 Å². The monoisotopic (exact) mass is 194 g/mol. The number of nitrogens with zero attached hydrogens (tertiary/aromatic N) is 2. The van der Waals surface area contributed by atoms with Crippen LogP contribution in [0.25, 0.3) is 0 Å². The molecule has 0 N–H and O–H groups in total. The largest absolute Gasteiger partial charge is 0.305 e. The van der Waals surface area contributed by atoms with Crippen LogP contribution in [0.2, 0.25) is 5.02 Å². The predicted molar refractivity (Wildman–Crippen MR) is 53.6 cm³/mol. The van der Waals surface area contributed by atoms with E-state index in [0.29, 0.717) is 10.6 Å². The van der Waals surface area contributed by atoms with Crippen molar-refractivity contribution in [3.63, 3.8) is 0 Å². The fourth-order valence-electron chi connectivity index (χ4n) is 1.17. The van der Waals surface area contributed by atoms with E-state index in [1.807, 2.05) is 31.1 Å². The fourth-order valence-corrected chi connectivity index (χ4v) is 1.43. The van der Waals surface area contributed by atoms with Gasteiger partial charge in [-0.15, -0.1) is 0 Å². The van der Waals surface area contributed by atoms with Gasteiger partial charge in [-0.25, -0.2) is 0 Å². The van der Waals surface area contributed by atoms with Crippen molar-refractivity contribution in [2.45, 2.75) is 6.54 Å². The van der Waals surface area contributed by atoms with Crippen LogP contribution in [0.3, 0.4) is 0 Å². The molecule has 0 fully saturated rings. The molecular weight excluding hydrogens is 184 g/mol. The van der Waals surface area contributed by atoms with Gasteiger partial charge in [-0.2, -0.15) is 5.26 Å². The zero-order valence-electron chi connectivity index (χ0n) is 7.71. The normalized spacial score (nSPS) is 10.1. The van der Waals surface area contributed by atoms with E-state index >= 15 is 0 Å². The molecule has 0 bridgehead atoms. The van der Waals surface area contributed by atoms with Crippen LogP contribution in [0.4, 0.5) is 0 Å². The lowest BCUT2D eigenvalue weighted by molar-refractivity contribution is 0.402. The van der Waals surface area contributed by atoms with Gasteiger partial charge in [0.2, 0.25) is 0 Å². The van der Waals surface area contributed by atoms with Gasteiger partial charge in [0.1, 0.15) is 0 Å². The van der Waals surface area contributed by atoms with Crippen LogP contribution in [-0.4, -0.2) is 19.0 Å². The SMILES string of the molecule is CN(C)Cc1cc(Cl)cc(C#N)c1. The molecule has 0 radical (unpaired) electrons. The minimum absolute atomic E-state index is 0.615. The van der Waals surface area contributed by atoms with Gasteiger partial charge in [-0.3, -0.25) is 0 Å². The van der Waals surface area contributed by atoms with E-state index in [0.717, 1.165) is 12.1 Å². The maximum atomic E-state index is 8.70. The molecule has 1 rings (SSSR count). The molecule has 1 aromatic rings. The van der Waals surface area contributed by atoms with E-state index in [-0.39, 0.29) is 0 Å². The molecule has 0 unspecified atom stereocenters. The second-order valence-corrected chi connectivity index (χ2v) is 3.63. The van der Waals surface area contributed by atoms with Gasteiger partial charge in [-0.1, -0.05) is 11.6 Å². The summed E-state index contributed by atoms with van der Waals surface area (Å²) >= 11 is 5.84. The Morgan fingerprint density at radius 3 is 2.62 bits per heavy atom. The van der Waals surface area contributed by atoms with Crippen molar-refractivity contribution in [3.8, 4) is 6.07 Å². The summed E-state index contributed by atoms with van der Waals surface area (Å²) in [6.07, 6.45) is 0. The zero-order chi connectivity index (χ0) is 9.84.